The number of ether oxygens (including phenoxy) is 1. The highest BCUT2D eigenvalue weighted by Crippen LogP contribution is 2.12. The van der Waals surface area contributed by atoms with Gasteiger partial charge in [-0.15, -0.1) is 0 Å². The number of rotatable bonds is 6. The molecule has 0 aliphatic rings. The van der Waals surface area contributed by atoms with Gasteiger partial charge in [0.05, 0.1) is 6.61 Å². The minimum atomic E-state index is -0.420. The molecule has 0 aromatic heterocycles. The molecule has 26 heavy (non-hydrogen) atoms. The molecular formula is C21H22N2O3. The molecule has 0 aliphatic heterocycles. The van der Waals surface area contributed by atoms with Crippen molar-refractivity contribution in [2.24, 2.45) is 0 Å². The molecule has 2 aromatic rings. The number of hydrazine groups is 1. The van der Waals surface area contributed by atoms with Crippen LogP contribution in [0, 0.1) is 6.92 Å². The lowest BCUT2D eigenvalue weighted by molar-refractivity contribution is -0.123. The predicted molar refractivity (Wildman–Crippen MR) is 103 cm³/mol. The highest BCUT2D eigenvalue weighted by atomic mass is 16.5. The fourth-order valence-electron chi connectivity index (χ4n) is 2.07. The Morgan fingerprint density at radius 1 is 0.846 bits per heavy atom. The smallest absolute Gasteiger partial charge is 0.262 e. The Hall–Kier alpha value is -3.34. The molecule has 0 saturated carbocycles. The maximum absolute atomic E-state index is 11.7. The molecule has 2 amide bonds. The Labute approximate surface area is 153 Å². The molecule has 134 valence electrons. The van der Waals surface area contributed by atoms with Gasteiger partial charge in [-0.05, 0) is 49.3 Å². The molecule has 0 spiro atoms. The normalized spacial score (nSPS) is 10.8. The lowest BCUT2D eigenvalue weighted by Gasteiger charge is -2.03. The highest BCUT2D eigenvalue weighted by molar-refractivity contribution is 5.96. The number of carbonyl (C=O) groups excluding carboxylic acids is 2. The third-order valence-electron chi connectivity index (χ3n) is 3.43. The van der Waals surface area contributed by atoms with Gasteiger partial charge in [-0.25, -0.2) is 0 Å². The van der Waals surface area contributed by atoms with Gasteiger partial charge in [0.1, 0.15) is 5.75 Å². The summed E-state index contributed by atoms with van der Waals surface area (Å²) in [5.74, 6) is -0.0499. The molecule has 2 aromatic carbocycles. The minimum absolute atomic E-state index is 0.409. The highest BCUT2D eigenvalue weighted by Gasteiger charge is 1.99. The first-order valence-electron chi connectivity index (χ1n) is 8.32. The summed E-state index contributed by atoms with van der Waals surface area (Å²) >= 11 is 0. The van der Waals surface area contributed by atoms with Gasteiger partial charge in [-0.1, -0.05) is 42.0 Å². The van der Waals surface area contributed by atoms with E-state index in [1.54, 1.807) is 12.2 Å². The van der Waals surface area contributed by atoms with Crippen LogP contribution in [0.1, 0.15) is 23.6 Å². The van der Waals surface area contributed by atoms with E-state index in [1.807, 2.05) is 62.4 Å². The zero-order chi connectivity index (χ0) is 18.8. The number of hydrogen-bond acceptors (Lipinski definition) is 3. The SMILES string of the molecule is CCOc1ccc(C=CC(=O)NNC(=O)C=Cc2ccc(C)cc2)cc1. The Kier molecular flexibility index (Phi) is 7.18. The summed E-state index contributed by atoms with van der Waals surface area (Å²) in [7, 11) is 0. The van der Waals surface area contributed by atoms with Crippen molar-refractivity contribution in [1.29, 1.82) is 0 Å². The fourth-order valence-corrected chi connectivity index (χ4v) is 2.07. The molecule has 0 fully saturated rings. The second-order valence-corrected chi connectivity index (χ2v) is 5.56. The van der Waals surface area contributed by atoms with Crippen LogP contribution in [0.5, 0.6) is 5.75 Å². The molecule has 2 N–H and O–H groups in total. The zero-order valence-corrected chi connectivity index (χ0v) is 14.9. The van der Waals surface area contributed by atoms with Gasteiger partial charge in [0.25, 0.3) is 11.8 Å². The first kappa shape index (κ1) is 19.0. The average molecular weight is 350 g/mol. The number of nitrogens with one attached hydrogen (secondary N) is 2. The lowest BCUT2D eigenvalue weighted by Crippen LogP contribution is -2.39. The monoisotopic (exact) mass is 350 g/mol. The van der Waals surface area contributed by atoms with E-state index in [9.17, 15) is 9.59 Å². The van der Waals surface area contributed by atoms with E-state index in [4.69, 9.17) is 4.74 Å². The molecule has 0 saturated heterocycles. The Bertz CT molecular complexity index is 791. The van der Waals surface area contributed by atoms with Gasteiger partial charge in [0, 0.05) is 12.2 Å². The molecule has 0 radical (unpaired) electrons. The Morgan fingerprint density at radius 2 is 1.31 bits per heavy atom. The summed E-state index contributed by atoms with van der Waals surface area (Å²) in [4.78, 5) is 23.5. The van der Waals surface area contributed by atoms with Crippen molar-refractivity contribution >= 4 is 24.0 Å². The van der Waals surface area contributed by atoms with Crippen molar-refractivity contribution in [1.82, 2.24) is 10.9 Å². The Balaban J connectivity index is 1.78. The molecule has 0 aliphatic carbocycles. The van der Waals surface area contributed by atoms with Crippen LogP contribution in [-0.4, -0.2) is 18.4 Å². The number of amides is 2. The summed E-state index contributed by atoms with van der Waals surface area (Å²) < 4.78 is 5.35. The van der Waals surface area contributed by atoms with E-state index in [2.05, 4.69) is 10.9 Å². The van der Waals surface area contributed by atoms with Crippen molar-refractivity contribution in [2.45, 2.75) is 13.8 Å². The maximum atomic E-state index is 11.7. The predicted octanol–water partition coefficient (Wildman–Crippen LogP) is 3.27. The molecule has 5 nitrogen and oxygen atoms in total. The molecule has 5 heteroatoms. The molecule has 0 heterocycles. The fraction of sp³-hybridized carbons (Fsp3) is 0.143. The van der Waals surface area contributed by atoms with Crippen LogP contribution in [0.25, 0.3) is 12.2 Å². The summed E-state index contributed by atoms with van der Waals surface area (Å²) in [5.41, 5.74) is 7.57. The third-order valence-corrected chi connectivity index (χ3v) is 3.43. The molecule has 0 unspecified atom stereocenters. The third kappa shape index (κ3) is 6.65. The van der Waals surface area contributed by atoms with Gasteiger partial charge in [-0.3, -0.25) is 20.4 Å². The number of carbonyl (C=O) groups is 2. The number of benzene rings is 2. The minimum Gasteiger partial charge on any atom is -0.494 e. The van der Waals surface area contributed by atoms with E-state index < -0.39 is 11.8 Å². The summed E-state index contributed by atoms with van der Waals surface area (Å²) in [6.45, 7) is 4.52. The van der Waals surface area contributed by atoms with Crippen molar-refractivity contribution in [2.75, 3.05) is 6.61 Å². The quantitative estimate of drug-likeness (QED) is 0.621. The van der Waals surface area contributed by atoms with Gasteiger partial charge >= 0.3 is 0 Å². The first-order chi connectivity index (χ1) is 12.6. The zero-order valence-electron chi connectivity index (χ0n) is 14.9. The van der Waals surface area contributed by atoms with Crippen molar-refractivity contribution in [3.8, 4) is 5.75 Å². The second kappa shape index (κ2) is 9.84. The van der Waals surface area contributed by atoms with Gasteiger partial charge in [-0.2, -0.15) is 0 Å². The summed E-state index contributed by atoms with van der Waals surface area (Å²) in [5, 5.41) is 0. The van der Waals surface area contributed by atoms with Gasteiger partial charge in [0.2, 0.25) is 0 Å². The topological polar surface area (TPSA) is 67.4 Å². The maximum Gasteiger partial charge on any atom is 0.262 e. The number of hydrogen-bond donors (Lipinski definition) is 2. The van der Waals surface area contributed by atoms with Crippen LogP contribution >= 0.6 is 0 Å². The van der Waals surface area contributed by atoms with E-state index in [1.165, 1.54) is 12.2 Å². The van der Waals surface area contributed by atoms with Crippen LogP contribution in [0.4, 0.5) is 0 Å². The van der Waals surface area contributed by atoms with Crippen molar-refractivity contribution in [3.63, 3.8) is 0 Å². The molecule has 0 bridgehead atoms. The van der Waals surface area contributed by atoms with Crippen LogP contribution in [0.15, 0.2) is 60.7 Å². The van der Waals surface area contributed by atoms with Crippen LogP contribution in [-0.2, 0) is 9.59 Å². The second-order valence-electron chi connectivity index (χ2n) is 5.56. The number of aryl methyl sites for hydroxylation is 1. The van der Waals surface area contributed by atoms with E-state index in [0.717, 1.165) is 22.4 Å². The van der Waals surface area contributed by atoms with E-state index in [-0.39, 0.29) is 0 Å². The lowest BCUT2D eigenvalue weighted by atomic mass is 10.1. The van der Waals surface area contributed by atoms with Gasteiger partial charge < -0.3 is 4.74 Å². The van der Waals surface area contributed by atoms with E-state index in [0.29, 0.717) is 6.61 Å². The van der Waals surface area contributed by atoms with Gasteiger partial charge in [0.15, 0.2) is 0 Å². The van der Waals surface area contributed by atoms with Crippen LogP contribution in [0.2, 0.25) is 0 Å². The molecule has 0 atom stereocenters. The standard InChI is InChI=1S/C21H22N2O3/c1-3-26-19-12-8-18(9-13-19)11-15-21(25)23-22-20(24)14-10-17-6-4-16(2)5-7-17/h4-15H,3H2,1-2H3,(H,22,24)(H,23,25). The average Bonchev–Trinajstić information content (AvgIpc) is 2.65. The molecule has 2 rings (SSSR count). The first-order valence-corrected chi connectivity index (χ1v) is 8.32. The Morgan fingerprint density at radius 3 is 1.77 bits per heavy atom. The van der Waals surface area contributed by atoms with Crippen LogP contribution in [0.3, 0.4) is 0 Å². The van der Waals surface area contributed by atoms with Crippen molar-refractivity contribution in [3.05, 3.63) is 77.4 Å². The van der Waals surface area contributed by atoms with Crippen LogP contribution < -0.4 is 15.6 Å². The summed E-state index contributed by atoms with van der Waals surface area (Å²) in [6.07, 6.45) is 6.04. The largest absolute Gasteiger partial charge is 0.494 e. The molecular weight excluding hydrogens is 328 g/mol. The summed E-state index contributed by atoms with van der Waals surface area (Å²) in [6, 6.07) is 15.1. The van der Waals surface area contributed by atoms with Crippen molar-refractivity contribution < 1.29 is 14.3 Å². The van der Waals surface area contributed by atoms with E-state index >= 15 is 0 Å².